The lowest BCUT2D eigenvalue weighted by Gasteiger charge is -2.30. The zero-order valence-electron chi connectivity index (χ0n) is 10.3. The Balaban J connectivity index is 2.24. The van der Waals surface area contributed by atoms with E-state index in [1.54, 1.807) is 0 Å². The molecule has 0 radical (unpaired) electrons. The van der Waals surface area contributed by atoms with Gasteiger partial charge in [-0.3, -0.25) is 0 Å². The summed E-state index contributed by atoms with van der Waals surface area (Å²) >= 11 is 0. The van der Waals surface area contributed by atoms with Crippen LogP contribution in [0.15, 0.2) is 18.2 Å². The lowest BCUT2D eigenvalue weighted by atomic mass is 9.89. The van der Waals surface area contributed by atoms with Crippen molar-refractivity contribution in [2.75, 3.05) is 25.9 Å². The first-order valence-electron chi connectivity index (χ1n) is 6.03. The van der Waals surface area contributed by atoms with E-state index in [-0.39, 0.29) is 11.6 Å². The van der Waals surface area contributed by atoms with Crippen LogP contribution in [-0.4, -0.2) is 25.0 Å². The van der Waals surface area contributed by atoms with Gasteiger partial charge in [-0.25, -0.2) is 0 Å². The van der Waals surface area contributed by atoms with Gasteiger partial charge in [-0.1, -0.05) is 6.07 Å². The number of benzene rings is 1. The molecule has 2 rings (SSSR count). The molecule has 5 heteroatoms. The van der Waals surface area contributed by atoms with E-state index < -0.39 is 11.7 Å². The highest BCUT2D eigenvalue weighted by atomic mass is 19.4. The zero-order chi connectivity index (χ0) is 13.3. The van der Waals surface area contributed by atoms with Crippen LogP contribution in [0, 0.1) is 0 Å². The van der Waals surface area contributed by atoms with Crippen molar-refractivity contribution < 1.29 is 13.2 Å². The number of anilines is 1. The Morgan fingerprint density at radius 3 is 2.61 bits per heavy atom. The molecule has 0 amide bonds. The second-order valence-corrected chi connectivity index (χ2v) is 4.94. The number of likely N-dealkylation sites (tertiary alicyclic amines) is 1. The lowest BCUT2D eigenvalue weighted by molar-refractivity contribution is -0.137. The molecule has 2 nitrogen and oxygen atoms in total. The van der Waals surface area contributed by atoms with Crippen LogP contribution in [0.4, 0.5) is 18.9 Å². The second kappa shape index (κ2) is 4.80. The van der Waals surface area contributed by atoms with Gasteiger partial charge in [-0.15, -0.1) is 0 Å². The fourth-order valence-corrected chi connectivity index (χ4v) is 2.54. The van der Waals surface area contributed by atoms with E-state index in [1.807, 2.05) is 7.05 Å². The molecule has 1 atom stereocenters. The van der Waals surface area contributed by atoms with Crippen molar-refractivity contribution in [2.24, 2.45) is 0 Å². The van der Waals surface area contributed by atoms with Gasteiger partial charge >= 0.3 is 6.18 Å². The molecule has 18 heavy (non-hydrogen) atoms. The van der Waals surface area contributed by atoms with Crippen LogP contribution in [0.25, 0.3) is 0 Å². The average Bonchev–Trinajstić information content (AvgIpc) is 2.27. The van der Waals surface area contributed by atoms with Gasteiger partial charge < -0.3 is 10.6 Å². The van der Waals surface area contributed by atoms with Gasteiger partial charge in [-0.2, -0.15) is 13.2 Å². The molecule has 1 heterocycles. The lowest BCUT2D eigenvalue weighted by Crippen LogP contribution is -2.31. The van der Waals surface area contributed by atoms with Crippen molar-refractivity contribution >= 4 is 5.69 Å². The Hall–Kier alpha value is -1.23. The smallest absolute Gasteiger partial charge is 0.398 e. The fraction of sp³-hybridized carbons (Fsp3) is 0.538. The molecule has 0 spiro atoms. The maximum absolute atomic E-state index is 12.5. The van der Waals surface area contributed by atoms with Crippen LogP contribution in [-0.2, 0) is 6.18 Å². The van der Waals surface area contributed by atoms with Gasteiger partial charge in [0, 0.05) is 12.2 Å². The normalized spacial score (nSPS) is 22.1. The van der Waals surface area contributed by atoms with Crippen LogP contribution < -0.4 is 5.73 Å². The molecule has 1 aliphatic heterocycles. The molecule has 0 aliphatic carbocycles. The van der Waals surface area contributed by atoms with E-state index in [0.717, 1.165) is 43.6 Å². The zero-order valence-corrected chi connectivity index (χ0v) is 10.3. The van der Waals surface area contributed by atoms with Crippen molar-refractivity contribution in [1.82, 2.24) is 4.90 Å². The Morgan fingerprint density at radius 2 is 2.06 bits per heavy atom. The number of halogens is 3. The van der Waals surface area contributed by atoms with Crippen LogP contribution in [0.5, 0.6) is 0 Å². The predicted octanol–water partition coefficient (Wildman–Crippen LogP) is 3.10. The molecule has 100 valence electrons. The summed E-state index contributed by atoms with van der Waals surface area (Å²) in [7, 11) is 2.02. The highest BCUT2D eigenvalue weighted by Gasteiger charge is 2.31. The van der Waals surface area contributed by atoms with E-state index in [0.29, 0.717) is 0 Å². The number of alkyl halides is 3. The van der Waals surface area contributed by atoms with Crippen LogP contribution in [0.2, 0.25) is 0 Å². The largest absolute Gasteiger partial charge is 0.416 e. The van der Waals surface area contributed by atoms with E-state index in [2.05, 4.69) is 4.90 Å². The summed E-state index contributed by atoms with van der Waals surface area (Å²) in [5.74, 6) is 0.242. The van der Waals surface area contributed by atoms with Crippen molar-refractivity contribution in [3.05, 3.63) is 29.3 Å². The maximum Gasteiger partial charge on any atom is 0.416 e. The van der Waals surface area contributed by atoms with E-state index in [9.17, 15) is 13.2 Å². The SMILES string of the molecule is CN1CCC[C@H](c2ccc(C(F)(F)F)cc2N)C1. The summed E-state index contributed by atoms with van der Waals surface area (Å²) in [6.45, 7) is 1.90. The molecule has 1 aliphatic rings. The minimum atomic E-state index is -4.32. The van der Waals surface area contributed by atoms with E-state index in [4.69, 9.17) is 5.73 Å². The number of nitrogens with two attached hydrogens (primary N) is 1. The molecule has 0 saturated carbocycles. The van der Waals surface area contributed by atoms with Crippen LogP contribution >= 0.6 is 0 Å². The first-order valence-corrected chi connectivity index (χ1v) is 6.03. The molecule has 1 aromatic carbocycles. The first-order chi connectivity index (χ1) is 8.38. The average molecular weight is 258 g/mol. The number of likely N-dealkylation sites (N-methyl/N-ethyl adjacent to an activating group) is 1. The summed E-state index contributed by atoms with van der Waals surface area (Å²) in [6.07, 6.45) is -2.28. The topological polar surface area (TPSA) is 29.3 Å². The van der Waals surface area contributed by atoms with Crippen LogP contribution in [0.1, 0.15) is 29.9 Å². The fourth-order valence-electron chi connectivity index (χ4n) is 2.54. The quantitative estimate of drug-likeness (QED) is 0.784. The van der Waals surface area contributed by atoms with Crippen molar-refractivity contribution in [3.8, 4) is 0 Å². The molecular weight excluding hydrogens is 241 g/mol. The standard InChI is InChI=1S/C13H17F3N2/c1-18-6-2-3-9(8-18)11-5-4-10(7-12(11)17)13(14,15)16/h4-5,7,9H,2-3,6,8,17H2,1H3/t9-/m0/s1. The summed E-state index contributed by atoms with van der Waals surface area (Å²) in [6, 6.07) is 3.70. The van der Waals surface area contributed by atoms with Crippen molar-refractivity contribution in [2.45, 2.75) is 24.9 Å². The molecule has 1 fully saturated rings. The van der Waals surface area contributed by atoms with Crippen LogP contribution in [0.3, 0.4) is 0 Å². The number of nitrogen functional groups attached to an aromatic ring is 1. The Morgan fingerprint density at radius 1 is 1.33 bits per heavy atom. The van der Waals surface area contributed by atoms with Gasteiger partial charge in [0.2, 0.25) is 0 Å². The number of hydrogen-bond donors (Lipinski definition) is 1. The Labute approximate surface area is 105 Å². The van der Waals surface area contributed by atoms with Gasteiger partial charge in [0.25, 0.3) is 0 Å². The number of rotatable bonds is 1. The third kappa shape index (κ3) is 2.77. The predicted molar refractivity (Wildman–Crippen MR) is 65.3 cm³/mol. The molecule has 0 bridgehead atoms. The Kier molecular flexibility index (Phi) is 3.52. The third-order valence-corrected chi connectivity index (χ3v) is 3.48. The highest BCUT2D eigenvalue weighted by molar-refractivity contribution is 5.51. The Bertz CT molecular complexity index is 429. The maximum atomic E-state index is 12.5. The summed E-state index contributed by atoms with van der Waals surface area (Å²) < 4.78 is 37.6. The van der Waals surface area contributed by atoms with Gasteiger partial charge in [-0.05, 0) is 50.0 Å². The van der Waals surface area contributed by atoms with Crippen molar-refractivity contribution in [3.63, 3.8) is 0 Å². The molecule has 0 unspecified atom stereocenters. The minimum absolute atomic E-state index is 0.242. The number of hydrogen-bond acceptors (Lipinski definition) is 2. The molecule has 0 aromatic heterocycles. The molecular formula is C13H17F3N2. The highest BCUT2D eigenvalue weighted by Crippen LogP contribution is 2.35. The van der Waals surface area contributed by atoms with Gasteiger partial charge in [0.15, 0.2) is 0 Å². The first kappa shape index (κ1) is 13.2. The second-order valence-electron chi connectivity index (χ2n) is 4.94. The monoisotopic (exact) mass is 258 g/mol. The molecule has 2 N–H and O–H groups in total. The summed E-state index contributed by atoms with van der Waals surface area (Å²) in [4.78, 5) is 2.19. The molecule has 1 aromatic rings. The number of piperidine rings is 1. The number of nitrogens with zero attached hydrogens (tertiary/aromatic N) is 1. The summed E-state index contributed by atoms with van der Waals surface area (Å²) in [5.41, 5.74) is 6.20. The van der Waals surface area contributed by atoms with Gasteiger partial charge in [0.05, 0.1) is 5.56 Å². The minimum Gasteiger partial charge on any atom is -0.398 e. The summed E-state index contributed by atoms with van der Waals surface area (Å²) in [5, 5.41) is 0. The third-order valence-electron chi connectivity index (χ3n) is 3.48. The van der Waals surface area contributed by atoms with Gasteiger partial charge in [0.1, 0.15) is 0 Å². The van der Waals surface area contributed by atoms with E-state index in [1.165, 1.54) is 6.07 Å². The van der Waals surface area contributed by atoms with E-state index >= 15 is 0 Å². The van der Waals surface area contributed by atoms with Crippen molar-refractivity contribution in [1.29, 1.82) is 0 Å². The molecule has 1 saturated heterocycles.